The number of anilines is 1. The second kappa shape index (κ2) is 4.86. The largest absolute Gasteiger partial charge is 0.399 e. The van der Waals surface area contributed by atoms with Crippen LogP contribution in [0.4, 0.5) is 5.69 Å². The number of hydrogen-bond acceptors (Lipinski definition) is 5. The van der Waals surface area contributed by atoms with Crippen LogP contribution in [0.25, 0.3) is 11.4 Å². The fraction of sp³-hybridized carbons (Fsp3) is 0.500. The van der Waals surface area contributed by atoms with Gasteiger partial charge in [0.2, 0.25) is 0 Å². The van der Waals surface area contributed by atoms with Gasteiger partial charge in [0.25, 0.3) is 0 Å². The Morgan fingerprint density at radius 2 is 2.25 bits per heavy atom. The lowest BCUT2D eigenvalue weighted by atomic mass is 9.94. The van der Waals surface area contributed by atoms with Gasteiger partial charge in [0, 0.05) is 17.9 Å². The molecule has 6 nitrogen and oxygen atoms in total. The van der Waals surface area contributed by atoms with Crippen molar-refractivity contribution < 1.29 is 4.74 Å². The number of aromatic nitrogens is 4. The maximum atomic E-state index is 5.89. The lowest BCUT2D eigenvalue weighted by Crippen LogP contribution is -2.40. The zero-order chi connectivity index (χ0) is 14.2. The van der Waals surface area contributed by atoms with E-state index < -0.39 is 0 Å². The first-order valence-electron chi connectivity index (χ1n) is 6.83. The molecule has 3 rings (SSSR count). The van der Waals surface area contributed by atoms with Gasteiger partial charge in [-0.15, -0.1) is 5.10 Å². The highest BCUT2D eigenvalue weighted by Gasteiger charge is 2.33. The number of nitrogen functional groups attached to an aromatic ring is 1. The highest BCUT2D eigenvalue weighted by molar-refractivity contribution is 5.65. The van der Waals surface area contributed by atoms with Crippen LogP contribution in [-0.2, 0) is 10.3 Å². The van der Waals surface area contributed by atoms with Crippen molar-refractivity contribution in [3.63, 3.8) is 0 Å². The highest BCUT2D eigenvalue weighted by atomic mass is 16.5. The van der Waals surface area contributed by atoms with E-state index in [1.165, 1.54) is 0 Å². The third kappa shape index (κ3) is 2.16. The lowest BCUT2D eigenvalue weighted by Gasteiger charge is -2.33. The van der Waals surface area contributed by atoms with Crippen molar-refractivity contribution in [1.82, 2.24) is 20.2 Å². The van der Waals surface area contributed by atoms with Crippen molar-refractivity contribution in [2.24, 2.45) is 0 Å². The Kier molecular flexibility index (Phi) is 3.17. The van der Waals surface area contributed by atoms with Crippen LogP contribution in [0.5, 0.6) is 0 Å². The summed E-state index contributed by atoms with van der Waals surface area (Å²) in [5.41, 5.74) is 8.49. The summed E-state index contributed by atoms with van der Waals surface area (Å²) in [5.74, 6) is 0.753. The molecule has 2 N–H and O–H groups in total. The third-order valence-corrected chi connectivity index (χ3v) is 3.90. The van der Waals surface area contributed by atoms with Crippen LogP contribution in [0.2, 0.25) is 0 Å². The van der Waals surface area contributed by atoms with E-state index in [0.29, 0.717) is 12.3 Å². The molecular formula is C14H19N5O. The molecule has 0 spiro atoms. The van der Waals surface area contributed by atoms with Crippen molar-refractivity contribution in [2.45, 2.75) is 32.2 Å². The van der Waals surface area contributed by atoms with Gasteiger partial charge in [0.15, 0.2) is 5.82 Å². The number of benzene rings is 1. The van der Waals surface area contributed by atoms with E-state index in [1.54, 1.807) is 0 Å². The zero-order valence-corrected chi connectivity index (χ0v) is 11.8. The van der Waals surface area contributed by atoms with Crippen molar-refractivity contribution >= 4 is 5.69 Å². The van der Waals surface area contributed by atoms with E-state index in [-0.39, 0.29) is 5.54 Å². The summed E-state index contributed by atoms with van der Waals surface area (Å²) in [6.07, 6.45) is 2.03. The maximum Gasteiger partial charge on any atom is 0.182 e. The van der Waals surface area contributed by atoms with Gasteiger partial charge in [-0.05, 0) is 54.8 Å². The molecule has 1 aromatic heterocycles. The molecular weight excluding hydrogens is 254 g/mol. The standard InChI is InChI=1S/C14H19N5O/c1-10-4-5-11(15)8-12(10)13-16-17-18-19(13)14(2)6-3-7-20-9-14/h4-5,8H,3,6-7,9,15H2,1-2H3. The number of aryl methyl sites for hydroxylation is 1. The van der Waals surface area contributed by atoms with E-state index in [4.69, 9.17) is 10.5 Å². The minimum absolute atomic E-state index is 0.200. The van der Waals surface area contributed by atoms with Gasteiger partial charge >= 0.3 is 0 Å². The zero-order valence-electron chi connectivity index (χ0n) is 11.8. The number of nitrogens with two attached hydrogens (primary N) is 1. The average Bonchev–Trinajstić information content (AvgIpc) is 2.92. The molecule has 2 heterocycles. The maximum absolute atomic E-state index is 5.89. The van der Waals surface area contributed by atoms with Gasteiger partial charge in [0.1, 0.15) is 0 Å². The normalized spacial score (nSPS) is 22.9. The third-order valence-electron chi connectivity index (χ3n) is 3.90. The van der Waals surface area contributed by atoms with E-state index >= 15 is 0 Å². The fourth-order valence-electron chi connectivity index (χ4n) is 2.69. The van der Waals surface area contributed by atoms with Gasteiger partial charge in [-0.2, -0.15) is 0 Å². The number of ether oxygens (including phenoxy) is 1. The van der Waals surface area contributed by atoms with Crippen LogP contribution >= 0.6 is 0 Å². The molecule has 0 aliphatic carbocycles. The Morgan fingerprint density at radius 1 is 1.40 bits per heavy atom. The molecule has 1 aromatic carbocycles. The average molecular weight is 273 g/mol. The Labute approximate surface area is 117 Å². The second-order valence-corrected chi connectivity index (χ2v) is 5.64. The summed E-state index contributed by atoms with van der Waals surface area (Å²) < 4.78 is 7.50. The molecule has 20 heavy (non-hydrogen) atoms. The first-order chi connectivity index (χ1) is 9.60. The van der Waals surface area contributed by atoms with Gasteiger partial charge in [0.05, 0.1) is 12.1 Å². The van der Waals surface area contributed by atoms with E-state index in [0.717, 1.165) is 36.4 Å². The lowest BCUT2D eigenvalue weighted by molar-refractivity contribution is 0.00348. The van der Waals surface area contributed by atoms with Gasteiger partial charge in [-0.3, -0.25) is 0 Å². The van der Waals surface area contributed by atoms with Gasteiger partial charge in [-0.25, -0.2) is 4.68 Å². The predicted molar refractivity (Wildman–Crippen MR) is 76.1 cm³/mol. The Bertz CT molecular complexity index is 616. The van der Waals surface area contributed by atoms with Gasteiger partial charge in [-0.1, -0.05) is 6.07 Å². The van der Waals surface area contributed by atoms with Crippen LogP contribution in [0.15, 0.2) is 18.2 Å². The quantitative estimate of drug-likeness (QED) is 0.843. The number of rotatable bonds is 2. The summed E-state index contributed by atoms with van der Waals surface area (Å²) in [5, 5.41) is 12.2. The summed E-state index contributed by atoms with van der Waals surface area (Å²) in [4.78, 5) is 0. The second-order valence-electron chi connectivity index (χ2n) is 5.64. The van der Waals surface area contributed by atoms with Crippen LogP contribution < -0.4 is 5.73 Å². The Morgan fingerprint density at radius 3 is 3.00 bits per heavy atom. The fourth-order valence-corrected chi connectivity index (χ4v) is 2.69. The number of tetrazole rings is 1. The van der Waals surface area contributed by atoms with Crippen LogP contribution in [0, 0.1) is 6.92 Å². The molecule has 1 unspecified atom stereocenters. The van der Waals surface area contributed by atoms with Crippen molar-refractivity contribution in [3.8, 4) is 11.4 Å². The summed E-state index contributed by atoms with van der Waals surface area (Å²) in [6.45, 7) is 5.61. The summed E-state index contributed by atoms with van der Waals surface area (Å²) in [6, 6.07) is 5.80. The summed E-state index contributed by atoms with van der Waals surface area (Å²) >= 11 is 0. The molecule has 1 fully saturated rings. The Hall–Kier alpha value is -1.95. The van der Waals surface area contributed by atoms with E-state index in [2.05, 4.69) is 22.4 Å². The first kappa shape index (κ1) is 13.1. The molecule has 106 valence electrons. The molecule has 0 amide bonds. The first-order valence-corrected chi connectivity index (χ1v) is 6.83. The van der Waals surface area contributed by atoms with E-state index in [1.807, 2.05) is 29.8 Å². The highest BCUT2D eigenvalue weighted by Crippen LogP contribution is 2.31. The molecule has 1 aliphatic heterocycles. The molecule has 6 heteroatoms. The minimum atomic E-state index is -0.200. The van der Waals surface area contributed by atoms with Crippen LogP contribution in [-0.4, -0.2) is 33.4 Å². The molecule has 1 aliphatic rings. The van der Waals surface area contributed by atoms with Crippen molar-refractivity contribution in [2.75, 3.05) is 18.9 Å². The van der Waals surface area contributed by atoms with Crippen LogP contribution in [0.3, 0.4) is 0 Å². The predicted octanol–water partition coefficient (Wildman–Crippen LogP) is 1.76. The van der Waals surface area contributed by atoms with E-state index in [9.17, 15) is 0 Å². The monoisotopic (exact) mass is 273 g/mol. The van der Waals surface area contributed by atoms with Gasteiger partial charge < -0.3 is 10.5 Å². The number of hydrogen-bond donors (Lipinski definition) is 1. The smallest absolute Gasteiger partial charge is 0.182 e. The molecule has 0 radical (unpaired) electrons. The SMILES string of the molecule is Cc1ccc(N)cc1-c1nnnn1C1(C)CCCOC1. The summed E-state index contributed by atoms with van der Waals surface area (Å²) in [7, 11) is 0. The molecule has 0 saturated carbocycles. The van der Waals surface area contributed by atoms with Crippen LogP contribution in [0.1, 0.15) is 25.3 Å². The molecule has 1 atom stereocenters. The topological polar surface area (TPSA) is 78.9 Å². The molecule has 1 saturated heterocycles. The molecule has 2 aromatic rings. The Balaban J connectivity index is 2.08. The molecule has 0 bridgehead atoms. The van der Waals surface area contributed by atoms with Crippen molar-refractivity contribution in [3.05, 3.63) is 23.8 Å². The minimum Gasteiger partial charge on any atom is -0.399 e. The van der Waals surface area contributed by atoms with Crippen molar-refractivity contribution in [1.29, 1.82) is 0 Å². The number of nitrogens with zero attached hydrogens (tertiary/aromatic N) is 4.